The topological polar surface area (TPSA) is 15.3 Å². The van der Waals surface area contributed by atoms with E-state index in [4.69, 9.17) is 0 Å². The molecule has 1 N–H and O–H groups in total. The van der Waals surface area contributed by atoms with E-state index < -0.39 is 11.6 Å². The Morgan fingerprint density at radius 1 is 1.29 bits per heavy atom. The highest BCUT2D eigenvalue weighted by Crippen LogP contribution is 2.26. The summed E-state index contributed by atoms with van der Waals surface area (Å²) >= 11 is 0. The van der Waals surface area contributed by atoms with Gasteiger partial charge in [-0.15, -0.1) is 0 Å². The largest absolute Gasteiger partial charge is 0.365 e. The molecular weight excluding hydrogens is 222 g/mol. The summed E-state index contributed by atoms with van der Waals surface area (Å²) in [7, 11) is 0. The van der Waals surface area contributed by atoms with Crippen LogP contribution >= 0.6 is 0 Å². The Balaban J connectivity index is 2.10. The quantitative estimate of drug-likeness (QED) is 0.873. The van der Waals surface area contributed by atoms with Gasteiger partial charge >= 0.3 is 0 Å². The van der Waals surface area contributed by atoms with Gasteiger partial charge in [0, 0.05) is 25.2 Å². The van der Waals surface area contributed by atoms with E-state index in [9.17, 15) is 8.78 Å². The maximum absolute atomic E-state index is 13.6. The van der Waals surface area contributed by atoms with Crippen LogP contribution in [0.15, 0.2) is 18.2 Å². The van der Waals surface area contributed by atoms with Gasteiger partial charge in [0.15, 0.2) is 0 Å². The van der Waals surface area contributed by atoms with Gasteiger partial charge < -0.3 is 10.2 Å². The molecule has 17 heavy (non-hydrogen) atoms. The molecule has 0 bridgehead atoms. The summed E-state index contributed by atoms with van der Waals surface area (Å²) in [4.78, 5) is 1.78. The van der Waals surface area contributed by atoms with Crippen LogP contribution < -0.4 is 10.2 Å². The van der Waals surface area contributed by atoms with Crippen LogP contribution in [0.5, 0.6) is 0 Å². The Hall–Kier alpha value is -1.16. The molecule has 1 aliphatic heterocycles. The van der Waals surface area contributed by atoms with Gasteiger partial charge in [-0.2, -0.15) is 0 Å². The molecule has 2 rings (SSSR count). The summed E-state index contributed by atoms with van der Waals surface area (Å²) in [6, 6.07) is 4.72. The Bertz CT molecular complexity index is 373. The number of nitrogens with zero attached hydrogens (tertiary/aromatic N) is 1. The second kappa shape index (κ2) is 5.00. The SMILES string of the molecule is CC(C)NC1CCN(c2c(F)cccc2F)C1. The molecule has 0 aliphatic carbocycles. The van der Waals surface area contributed by atoms with Crippen molar-refractivity contribution in [2.45, 2.75) is 32.4 Å². The lowest BCUT2D eigenvalue weighted by molar-refractivity contribution is 0.491. The number of hydrogen-bond acceptors (Lipinski definition) is 2. The molecule has 94 valence electrons. The first-order valence-electron chi connectivity index (χ1n) is 6.03. The summed E-state index contributed by atoms with van der Waals surface area (Å²) in [6.07, 6.45) is 0.923. The standard InChI is InChI=1S/C13H18F2N2/c1-9(2)16-10-6-7-17(8-10)13-11(14)4-3-5-12(13)15/h3-5,9-10,16H,6-8H2,1-2H3. The molecule has 1 aliphatic rings. The van der Waals surface area contributed by atoms with Crippen LogP contribution in [0.4, 0.5) is 14.5 Å². The van der Waals surface area contributed by atoms with E-state index in [1.807, 2.05) is 0 Å². The molecule has 0 amide bonds. The Morgan fingerprint density at radius 3 is 2.53 bits per heavy atom. The van der Waals surface area contributed by atoms with Crippen LogP contribution in [0, 0.1) is 11.6 Å². The van der Waals surface area contributed by atoms with Gasteiger partial charge in [0.1, 0.15) is 17.3 Å². The summed E-state index contributed by atoms with van der Waals surface area (Å²) < 4.78 is 27.2. The molecule has 1 saturated heterocycles. The molecule has 1 unspecified atom stereocenters. The third-order valence-electron chi connectivity index (χ3n) is 3.01. The van der Waals surface area contributed by atoms with Crippen LogP contribution in [0.1, 0.15) is 20.3 Å². The zero-order chi connectivity index (χ0) is 12.4. The number of para-hydroxylation sites is 1. The highest BCUT2D eigenvalue weighted by atomic mass is 19.1. The smallest absolute Gasteiger partial charge is 0.149 e. The number of benzene rings is 1. The van der Waals surface area contributed by atoms with E-state index in [0.29, 0.717) is 25.2 Å². The number of rotatable bonds is 3. The maximum atomic E-state index is 13.6. The zero-order valence-corrected chi connectivity index (χ0v) is 10.2. The van der Waals surface area contributed by atoms with Gasteiger partial charge in [-0.25, -0.2) is 8.78 Å². The number of nitrogens with one attached hydrogen (secondary N) is 1. The van der Waals surface area contributed by atoms with E-state index in [1.165, 1.54) is 18.2 Å². The lowest BCUT2D eigenvalue weighted by Crippen LogP contribution is -2.37. The Morgan fingerprint density at radius 2 is 1.94 bits per heavy atom. The predicted octanol–water partition coefficient (Wildman–Crippen LogP) is 2.54. The molecule has 0 aromatic heterocycles. The second-order valence-electron chi connectivity index (χ2n) is 4.82. The molecule has 1 heterocycles. The third kappa shape index (κ3) is 2.75. The molecule has 1 aromatic carbocycles. The molecule has 0 spiro atoms. The van der Waals surface area contributed by atoms with Gasteiger partial charge in [0.2, 0.25) is 0 Å². The fourth-order valence-corrected chi connectivity index (χ4v) is 2.36. The third-order valence-corrected chi connectivity index (χ3v) is 3.01. The Labute approximate surface area is 101 Å². The van der Waals surface area contributed by atoms with Crippen molar-refractivity contribution in [3.05, 3.63) is 29.8 Å². The average Bonchev–Trinajstić information content (AvgIpc) is 2.65. The van der Waals surface area contributed by atoms with Crippen molar-refractivity contribution < 1.29 is 8.78 Å². The first-order valence-corrected chi connectivity index (χ1v) is 6.03. The highest BCUT2D eigenvalue weighted by molar-refractivity contribution is 5.50. The lowest BCUT2D eigenvalue weighted by atomic mass is 10.2. The van der Waals surface area contributed by atoms with Crippen LogP contribution in [0.25, 0.3) is 0 Å². The molecule has 1 aromatic rings. The van der Waals surface area contributed by atoms with Crippen molar-refractivity contribution in [3.63, 3.8) is 0 Å². The fourth-order valence-electron chi connectivity index (χ4n) is 2.36. The van der Waals surface area contributed by atoms with Gasteiger partial charge in [0.25, 0.3) is 0 Å². The number of anilines is 1. The lowest BCUT2D eigenvalue weighted by Gasteiger charge is -2.21. The minimum atomic E-state index is -0.477. The van der Waals surface area contributed by atoms with Gasteiger partial charge in [-0.05, 0) is 18.6 Å². The van der Waals surface area contributed by atoms with Gasteiger partial charge in [-0.1, -0.05) is 19.9 Å². The number of hydrogen-bond donors (Lipinski definition) is 1. The maximum Gasteiger partial charge on any atom is 0.149 e. The molecule has 0 saturated carbocycles. The summed E-state index contributed by atoms with van der Waals surface area (Å²) in [5.74, 6) is -0.953. The van der Waals surface area contributed by atoms with Crippen LogP contribution in [-0.2, 0) is 0 Å². The van der Waals surface area contributed by atoms with E-state index in [1.54, 1.807) is 4.90 Å². The van der Waals surface area contributed by atoms with Crippen molar-refractivity contribution in [1.82, 2.24) is 5.32 Å². The first-order chi connectivity index (χ1) is 8.08. The summed E-state index contributed by atoms with van der Waals surface area (Å²) in [6.45, 7) is 5.51. The molecule has 4 heteroatoms. The van der Waals surface area contributed by atoms with Crippen molar-refractivity contribution in [1.29, 1.82) is 0 Å². The minimum Gasteiger partial charge on any atom is -0.365 e. The fraction of sp³-hybridized carbons (Fsp3) is 0.538. The van der Waals surface area contributed by atoms with Crippen molar-refractivity contribution in [3.8, 4) is 0 Å². The van der Waals surface area contributed by atoms with E-state index in [-0.39, 0.29) is 5.69 Å². The van der Waals surface area contributed by atoms with E-state index in [2.05, 4.69) is 19.2 Å². The number of halogens is 2. The summed E-state index contributed by atoms with van der Waals surface area (Å²) in [5.41, 5.74) is 0.112. The van der Waals surface area contributed by atoms with Crippen molar-refractivity contribution in [2.24, 2.45) is 0 Å². The van der Waals surface area contributed by atoms with E-state index in [0.717, 1.165) is 6.42 Å². The second-order valence-corrected chi connectivity index (χ2v) is 4.82. The molecular formula is C13H18F2N2. The summed E-state index contributed by atoms with van der Waals surface area (Å²) in [5, 5.41) is 3.39. The van der Waals surface area contributed by atoms with Gasteiger partial charge in [0.05, 0.1) is 0 Å². The molecule has 1 atom stereocenters. The molecule has 2 nitrogen and oxygen atoms in total. The normalized spacial score (nSPS) is 20.3. The minimum absolute atomic E-state index is 0.112. The van der Waals surface area contributed by atoms with Crippen LogP contribution in [0.2, 0.25) is 0 Å². The molecule has 1 fully saturated rings. The van der Waals surface area contributed by atoms with Crippen LogP contribution in [0.3, 0.4) is 0 Å². The van der Waals surface area contributed by atoms with Gasteiger partial charge in [-0.3, -0.25) is 0 Å². The van der Waals surface area contributed by atoms with Crippen molar-refractivity contribution in [2.75, 3.05) is 18.0 Å². The highest BCUT2D eigenvalue weighted by Gasteiger charge is 2.26. The van der Waals surface area contributed by atoms with Crippen LogP contribution in [-0.4, -0.2) is 25.2 Å². The zero-order valence-electron chi connectivity index (χ0n) is 10.2. The Kier molecular flexibility index (Phi) is 3.62. The predicted molar refractivity (Wildman–Crippen MR) is 65.2 cm³/mol. The van der Waals surface area contributed by atoms with Crippen molar-refractivity contribution >= 4 is 5.69 Å². The molecule has 0 radical (unpaired) electrons. The first kappa shape index (κ1) is 12.3. The average molecular weight is 240 g/mol. The monoisotopic (exact) mass is 240 g/mol. The van der Waals surface area contributed by atoms with E-state index >= 15 is 0 Å².